The smallest absolute Gasteiger partial charge is 0.328 e. The summed E-state index contributed by atoms with van der Waals surface area (Å²) in [5.41, 5.74) is 5.30. The van der Waals surface area contributed by atoms with Gasteiger partial charge in [0.15, 0.2) is 5.78 Å². The number of nitrogens with one attached hydrogen (secondary N) is 1. The van der Waals surface area contributed by atoms with Gasteiger partial charge < -0.3 is 19.8 Å². The molecule has 0 saturated heterocycles. The molecule has 150 valence electrons. The number of nitrogens with zero attached hydrogens (tertiary/aromatic N) is 2. The number of rotatable bonds is 4. The van der Waals surface area contributed by atoms with Gasteiger partial charge >= 0.3 is 11.9 Å². The SMILES string of the molecule is Cc1[nH]cnc1CC1Cc2c(c3ccccc3n2C)C1=O.O=C(O)/C=C\C(=O)O. The molecule has 1 unspecified atom stereocenters. The zero-order valence-electron chi connectivity index (χ0n) is 16.0. The lowest BCUT2D eigenvalue weighted by atomic mass is 9.97. The lowest BCUT2D eigenvalue weighted by molar-refractivity contribution is -0.134. The number of aliphatic carboxylic acids is 2. The van der Waals surface area contributed by atoms with E-state index in [9.17, 15) is 14.4 Å². The summed E-state index contributed by atoms with van der Waals surface area (Å²) < 4.78 is 2.17. The van der Waals surface area contributed by atoms with Crippen LogP contribution >= 0.6 is 0 Å². The van der Waals surface area contributed by atoms with E-state index in [-0.39, 0.29) is 11.7 Å². The highest BCUT2D eigenvalue weighted by Crippen LogP contribution is 2.36. The van der Waals surface area contributed by atoms with Crippen molar-refractivity contribution in [2.24, 2.45) is 13.0 Å². The number of carboxylic acids is 2. The van der Waals surface area contributed by atoms with Crippen LogP contribution in [-0.2, 0) is 29.5 Å². The molecule has 3 N–H and O–H groups in total. The van der Waals surface area contributed by atoms with Crippen molar-refractivity contribution in [2.75, 3.05) is 0 Å². The number of fused-ring (bicyclic) bond motifs is 3. The summed E-state index contributed by atoms with van der Waals surface area (Å²) in [5.74, 6) is -2.23. The predicted molar refractivity (Wildman–Crippen MR) is 106 cm³/mol. The number of carboxylic acid groups (broad SMARTS) is 2. The van der Waals surface area contributed by atoms with E-state index >= 15 is 0 Å². The molecule has 29 heavy (non-hydrogen) atoms. The van der Waals surface area contributed by atoms with Gasteiger partial charge in [-0.15, -0.1) is 0 Å². The van der Waals surface area contributed by atoms with Crippen molar-refractivity contribution in [1.82, 2.24) is 14.5 Å². The molecule has 2 aromatic heterocycles. The van der Waals surface area contributed by atoms with Gasteiger partial charge in [0.05, 0.1) is 12.0 Å². The number of aromatic amines is 1. The monoisotopic (exact) mass is 395 g/mol. The fourth-order valence-corrected chi connectivity index (χ4v) is 3.62. The quantitative estimate of drug-likeness (QED) is 0.583. The van der Waals surface area contributed by atoms with E-state index in [1.54, 1.807) is 6.33 Å². The topological polar surface area (TPSA) is 125 Å². The summed E-state index contributed by atoms with van der Waals surface area (Å²) in [6.45, 7) is 2.00. The van der Waals surface area contributed by atoms with Gasteiger partial charge in [0.1, 0.15) is 0 Å². The minimum Gasteiger partial charge on any atom is -0.478 e. The van der Waals surface area contributed by atoms with Crippen LogP contribution in [0, 0.1) is 12.8 Å². The third kappa shape index (κ3) is 4.11. The molecule has 8 nitrogen and oxygen atoms in total. The number of carbonyl (C=O) groups excluding carboxylic acids is 1. The summed E-state index contributed by atoms with van der Waals surface area (Å²) in [5, 5.41) is 16.7. The number of Topliss-reactive ketones (excluding diaryl/α,β-unsaturated/α-hetero) is 1. The summed E-state index contributed by atoms with van der Waals surface area (Å²) >= 11 is 0. The fraction of sp³-hybridized carbons (Fsp3) is 0.238. The molecule has 1 aromatic carbocycles. The highest BCUT2D eigenvalue weighted by atomic mass is 16.4. The number of aromatic nitrogens is 3. The Balaban J connectivity index is 0.000000258. The molecule has 4 rings (SSSR count). The van der Waals surface area contributed by atoms with E-state index in [4.69, 9.17) is 10.2 Å². The predicted octanol–water partition coefficient (Wildman–Crippen LogP) is 2.52. The lowest BCUT2D eigenvalue weighted by Crippen LogP contribution is -2.14. The molecular weight excluding hydrogens is 374 g/mol. The van der Waals surface area contributed by atoms with Crippen molar-refractivity contribution in [1.29, 1.82) is 0 Å². The second-order valence-electron chi connectivity index (χ2n) is 6.85. The van der Waals surface area contributed by atoms with Gasteiger partial charge in [0.25, 0.3) is 0 Å². The van der Waals surface area contributed by atoms with Crippen LogP contribution in [0.1, 0.15) is 27.4 Å². The third-order valence-corrected chi connectivity index (χ3v) is 5.03. The van der Waals surface area contributed by atoms with Gasteiger partial charge in [0.2, 0.25) is 0 Å². The van der Waals surface area contributed by atoms with Crippen LogP contribution in [0.3, 0.4) is 0 Å². The number of imidazole rings is 1. The number of para-hydroxylation sites is 1. The van der Waals surface area contributed by atoms with Gasteiger partial charge in [-0.2, -0.15) is 0 Å². The van der Waals surface area contributed by atoms with Gasteiger partial charge in [0, 0.05) is 59.4 Å². The summed E-state index contributed by atoms with van der Waals surface area (Å²) in [6, 6.07) is 8.15. The van der Waals surface area contributed by atoms with Crippen molar-refractivity contribution in [3.8, 4) is 0 Å². The summed E-state index contributed by atoms with van der Waals surface area (Å²) in [4.78, 5) is 39.3. The zero-order valence-corrected chi connectivity index (χ0v) is 16.0. The molecule has 0 fully saturated rings. The molecule has 0 saturated carbocycles. The Bertz CT molecular complexity index is 1110. The first kappa shape index (κ1) is 20.1. The molecule has 3 aromatic rings. The van der Waals surface area contributed by atoms with Crippen molar-refractivity contribution in [3.05, 3.63) is 65.4 Å². The summed E-state index contributed by atoms with van der Waals surface area (Å²) in [7, 11) is 2.05. The first-order valence-corrected chi connectivity index (χ1v) is 9.02. The molecule has 0 amide bonds. The van der Waals surface area contributed by atoms with Crippen LogP contribution in [0.4, 0.5) is 0 Å². The van der Waals surface area contributed by atoms with E-state index < -0.39 is 11.9 Å². The van der Waals surface area contributed by atoms with E-state index in [1.807, 2.05) is 25.1 Å². The number of hydrogen-bond acceptors (Lipinski definition) is 4. The van der Waals surface area contributed by atoms with Crippen molar-refractivity contribution in [3.63, 3.8) is 0 Å². The van der Waals surface area contributed by atoms with Crippen LogP contribution in [0.15, 0.2) is 42.7 Å². The minimum atomic E-state index is -1.26. The highest BCUT2D eigenvalue weighted by molar-refractivity contribution is 6.12. The van der Waals surface area contributed by atoms with E-state index in [2.05, 4.69) is 27.6 Å². The van der Waals surface area contributed by atoms with E-state index in [0.717, 1.165) is 40.7 Å². The van der Waals surface area contributed by atoms with Crippen LogP contribution in [0.25, 0.3) is 10.9 Å². The Hall–Kier alpha value is -3.68. The Morgan fingerprint density at radius 2 is 1.90 bits per heavy atom. The lowest BCUT2D eigenvalue weighted by Gasteiger charge is -2.08. The number of aryl methyl sites for hydroxylation is 2. The number of ketones is 1. The fourth-order valence-electron chi connectivity index (χ4n) is 3.62. The zero-order chi connectivity index (χ0) is 21.1. The van der Waals surface area contributed by atoms with E-state index in [1.165, 1.54) is 5.69 Å². The van der Waals surface area contributed by atoms with Gasteiger partial charge in [-0.3, -0.25) is 4.79 Å². The number of benzene rings is 1. The Morgan fingerprint density at radius 1 is 1.24 bits per heavy atom. The van der Waals surface area contributed by atoms with Crippen molar-refractivity contribution >= 4 is 28.6 Å². The summed E-state index contributed by atoms with van der Waals surface area (Å²) in [6.07, 6.45) is 4.35. The van der Waals surface area contributed by atoms with Gasteiger partial charge in [-0.05, 0) is 19.4 Å². The number of H-pyrrole nitrogens is 1. The van der Waals surface area contributed by atoms with E-state index in [0.29, 0.717) is 12.2 Å². The average molecular weight is 395 g/mol. The van der Waals surface area contributed by atoms with Crippen molar-refractivity contribution < 1.29 is 24.6 Å². The maximum atomic E-state index is 12.8. The normalized spacial score (nSPS) is 15.4. The molecule has 0 radical (unpaired) electrons. The molecule has 8 heteroatoms. The van der Waals surface area contributed by atoms with Crippen LogP contribution in [0.2, 0.25) is 0 Å². The maximum Gasteiger partial charge on any atom is 0.328 e. The minimum absolute atomic E-state index is 0.0211. The van der Waals surface area contributed by atoms with Gasteiger partial charge in [-0.25, -0.2) is 14.6 Å². The molecule has 1 aliphatic carbocycles. The maximum absolute atomic E-state index is 12.8. The average Bonchev–Trinajstić information content (AvgIpc) is 3.31. The first-order chi connectivity index (χ1) is 13.8. The first-order valence-electron chi connectivity index (χ1n) is 9.02. The molecule has 0 spiro atoms. The Labute approximate surface area is 166 Å². The molecule has 2 heterocycles. The van der Waals surface area contributed by atoms with Crippen LogP contribution < -0.4 is 0 Å². The molecular formula is C21H21N3O5. The number of carbonyl (C=O) groups is 3. The largest absolute Gasteiger partial charge is 0.478 e. The second-order valence-corrected chi connectivity index (χ2v) is 6.85. The Kier molecular flexibility index (Phi) is 5.63. The second kappa shape index (κ2) is 8.14. The van der Waals surface area contributed by atoms with Crippen LogP contribution in [0.5, 0.6) is 0 Å². The van der Waals surface area contributed by atoms with Crippen LogP contribution in [-0.4, -0.2) is 42.5 Å². The molecule has 1 atom stereocenters. The molecule has 0 aliphatic heterocycles. The Morgan fingerprint density at radius 3 is 2.48 bits per heavy atom. The van der Waals surface area contributed by atoms with Crippen molar-refractivity contribution in [2.45, 2.75) is 19.8 Å². The highest BCUT2D eigenvalue weighted by Gasteiger charge is 2.35. The number of hydrogen-bond donors (Lipinski definition) is 3. The third-order valence-electron chi connectivity index (χ3n) is 5.03. The van der Waals surface area contributed by atoms with Gasteiger partial charge in [-0.1, -0.05) is 18.2 Å². The molecule has 0 bridgehead atoms. The standard InChI is InChI=1S/C17H17N3O.C4H4O4/c1-10-13(19-9-18-10)7-11-8-15-16(17(11)21)12-5-3-4-6-14(12)20(15)2;5-3(6)1-2-4(7)8/h3-6,9,11H,7-8H2,1-2H3,(H,18,19);1-2H,(H,5,6)(H,7,8)/b;2-1-. The molecule has 1 aliphatic rings.